The Morgan fingerprint density at radius 3 is 2.53 bits per heavy atom. The number of benzene rings is 1. The number of hydrogen-bond donors (Lipinski definition) is 1. The van der Waals surface area contributed by atoms with Crippen molar-refractivity contribution in [2.24, 2.45) is 11.7 Å². The van der Waals surface area contributed by atoms with Crippen molar-refractivity contribution in [3.63, 3.8) is 0 Å². The third-order valence-electron chi connectivity index (χ3n) is 2.87. The monoisotopic (exact) mass is 205 g/mol. The van der Waals surface area contributed by atoms with Crippen molar-refractivity contribution < 1.29 is 4.74 Å². The average molecular weight is 205 g/mol. The Morgan fingerprint density at radius 2 is 2.00 bits per heavy atom. The molecule has 1 aromatic carbocycles. The van der Waals surface area contributed by atoms with Gasteiger partial charge in [0, 0.05) is 6.54 Å². The topological polar surface area (TPSA) is 35.2 Å². The van der Waals surface area contributed by atoms with Crippen LogP contribution in [0.3, 0.4) is 0 Å². The second-order valence-corrected chi connectivity index (χ2v) is 4.33. The van der Waals surface area contributed by atoms with E-state index < -0.39 is 0 Å². The van der Waals surface area contributed by atoms with Crippen LogP contribution in [-0.2, 0) is 4.74 Å². The molecule has 1 aliphatic carbocycles. The maximum atomic E-state index is 5.82. The van der Waals surface area contributed by atoms with Crippen molar-refractivity contribution >= 4 is 0 Å². The fraction of sp³-hybridized carbons (Fsp3) is 0.538. The minimum Gasteiger partial charge on any atom is -0.372 e. The maximum absolute atomic E-state index is 5.82. The zero-order valence-corrected chi connectivity index (χ0v) is 9.28. The molecule has 0 radical (unpaired) electrons. The first kappa shape index (κ1) is 10.7. The fourth-order valence-electron chi connectivity index (χ4n) is 1.85. The molecule has 1 aliphatic rings. The molecule has 2 N–H and O–H groups in total. The molecule has 0 spiro atoms. The number of hydrogen-bond acceptors (Lipinski definition) is 2. The second kappa shape index (κ2) is 4.77. The molecule has 82 valence electrons. The first-order valence-corrected chi connectivity index (χ1v) is 5.69. The van der Waals surface area contributed by atoms with Gasteiger partial charge in [-0.25, -0.2) is 0 Å². The molecule has 1 aromatic rings. The van der Waals surface area contributed by atoms with Crippen LogP contribution in [0.4, 0.5) is 0 Å². The molecule has 2 heteroatoms. The summed E-state index contributed by atoms with van der Waals surface area (Å²) in [5, 5.41) is 0. The largest absolute Gasteiger partial charge is 0.372 e. The first-order chi connectivity index (χ1) is 7.31. The SMILES string of the molecule is Cc1ccc(C(OCCN)C2CC2)cc1. The standard InChI is InChI=1S/C13H19NO/c1-10-2-4-11(5-3-10)13(12-6-7-12)15-9-8-14/h2-5,12-13H,6-9,14H2,1H3. The van der Waals surface area contributed by atoms with Gasteiger partial charge in [-0.05, 0) is 31.2 Å². The number of aryl methyl sites for hydroxylation is 1. The van der Waals surface area contributed by atoms with Gasteiger partial charge in [0.2, 0.25) is 0 Å². The summed E-state index contributed by atoms with van der Waals surface area (Å²) in [6.45, 7) is 3.38. The van der Waals surface area contributed by atoms with Crippen molar-refractivity contribution in [2.75, 3.05) is 13.2 Å². The van der Waals surface area contributed by atoms with Gasteiger partial charge in [-0.15, -0.1) is 0 Å². The summed E-state index contributed by atoms with van der Waals surface area (Å²) in [5.41, 5.74) is 8.08. The zero-order valence-electron chi connectivity index (χ0n) is 9.28. The molecular weight excluding hydrogens is 186 g/mol. The lowest BCUT2D eigenvalue weighted by Crippen LogP contribution is -2.14. The van der Waals surface area contributed by atoms with Crippen LogP contribution >= 0.6 is 0 Å². The summed E-state index contributed by atoms with van der Waals surface area (Å²) in [6.07, 6.45) is 2.86. The van der Waals surface area contributed by atoms with Gasteiger partial charge in [-0.3, -0.25) is 0 Å². The zero-order chi connectivity index (χ0) is 10.7. The fourth-order valence-corrected chi connectivity index (χ4v) is 1.85. The molecule has 2 nitrogen and oxygen atoms in total. The quantitative estimate of drug-likeness (QED) is 0.801. The number of rotatable bonds is 5. The van der Waals surface area contributed by atoms with E-state index in [0.717, 1.165) is 5.92 Å². The minimum atomic E-state index is 0.272. The lowest BCUT2D eigenvalue weighted by molar-refractivity contribution is 0.0424. The molecule has 0 aliphatic heterocycles. The molecule has 1 unspecified atom stereocenters. The molecule has 1 saturated carbocycles. The Morgan fingerprint density at radius 1 is 1.33 bits per heavy atom. The Bertz CT molecular complexity index is 303. The predicted molar refractivity (Wildman–Crippen MR) is 61.7 cm³/mol. The van der Waals surface area contributed by atoms with E-state index >= 15 is 0 Å². The van der Waals surface area contributed by atoms with Crippen LogP contribution < -0.4 is 5.73 Å². The molecule has 0 amide bonds. The third kappa shape index (κ3) is 2.80. The van der Waals surface area contributed by atoms with Crippen LogP contribution in [-0.4, -0.2) is 13.2 Å². The molecule has 15 heavy (non-hydrogen) atoms. The average Bonchev–Trinajstić information content (AvgIpc) is 3.05. The summed E-state index contributed by atoms with van der Waals surface area (Å²) in [6, 6.07) is 8.65. The van der Waals surface area contributed by atoms with Crippen LogP contribution in [0.1, 0.15) is 30.1 Å². The van der Waals surface area contributed by atoms with Crippen LogP contribution in [0.5, 0.6) is 0 Å². The van der Waals surface area contributed by atoms with Crippen molar-refractivity contribution in [1.82, 2.24) is 0 Å². The summed E-state index contributed by atoms with van der Waals surface area (Å²) in [4.78, 5) is 0. The van der Waals surface area contributed by atoms with Gasteiger partial charge in [0.05, 0.1) is 12.7 Å². The van der Waals surface area contributed by atoms with Gasteiger partial charge in [-0.2, -0.15) is 0 Å². The second-order valence-electron chi connectivity index (χ2n) is 4.33. The molecular formula is C13H19NO. The Kier molecular flexibility index (Phi) is 3.39. The van der Waals surface area contributed by atoms with E-state index in [9.17, 15) is 0 Å². The van der Waals surface area contributed by atoms with Crippen molar-refractivity contribution in [1.29, 1.82) is 0 Å². The third-order valence-corrected chi connectivity index (χ3v) is 2.87. The first-order valence-electron chi connectivity index (χ1n) is 5.69. The lowest BCUT2D eigenvalue weighted by atomic mass is 10.0. The van der Waals surface area contributed by atoms with Gasteiger partial charge in [-0.1, -0.05) is 29.8 Å². The van der Waals surface area contributed by atoms with Crippen LogP contribution in [0.15, 0.2) is 24.3 Å². The van der Waals surface area contributed by atoms with E-state index in [1.54, 1.807) is 0 Å². The van der Waals surface area contributed by atoms with Gasteiger partial charge < -0.3 is 10.5 Å². The summed E-state index contributed by atoms with van der Waals surface area (Å²) >= 11 is 0. The van der Waals surface area contributed by atoms with E-state index in [1.807, 2.05) is 0 Å². The summed E-state index contributed by atoms with van der Waals surface area (Å²) in [7, 11) is 0. The molecule has 0 aromatic heterocycles. The molecule has 2 rings (SSSR count). The Balaban J connectivity index is 2.06. The Labute approximate surface area is 91.4 Å². The molecule has 1 fully saturated rings. The normalized spacial score (nSPS) is 17.7. The maximum Gasteiger partial charge on any atom is 0.0853 e. The lowest BCUT2D eigenvalue weighted by Gasteiger charge is -2.17. The van der Waals surface area contributed by atoms with Gasteiger partial charge in [0.1, 0.15) is 0 Å². The highest BCUT2D eigenvalue weighted by molar-refractivity contribution is 5.24. The van der Waals surface area contributed by atoms with E-state index in [-0.39, 0.29) is 6.10 Å². The molecule has 1 atom stereocenters. The smallest absolute Gasteiger partial charge is 0.0853 e. The van der Waals surface area contributed by atoms with Crippen LogP contribution in [0, 0.1) is 12.8 Å². The highest BCUT2D eigenvalue weighted by atomic mass is 16.5. The molecule has 0 saturated heterocycles. The molecule has 0 bridgehead atoms. The van der Waals surface area contributed by atoms with Gasteiger partial charge in [0.15, 0.2) is 0 Å². The highest BCUT2D eigenvalue weighted by Crippen LogP contribution is 2.43. The van der Waals surface area contributed by atoms with Gasteiger partial charge >= 0.3 is 0 Å². The van der Waals surface area contributed by atoms with Crippen LogP contribution in [0.25, 0.3) is 0 Å². The highest BCUT2D eigenvalue weighted by Gasteiger charge is 2.32. The predicted octanol–water partition coefficient (Wildman–Crippen LogP) is 2.42. The number of nitrogens with two attached hydrogens (primary N) is 1. The molecule has 0 heterocycles. The Hall–Kier alpha value is -0.860. The summed E-state index contributed by atoms with van der Waals surface area (Å²) in [5.74, 6) is 0.722. The van der Waals surface area contributed by atoms with Crippen molar-refractivity contribution in [3.05, 3.63) is 35.4 Å². The summed E-state index contributed by atoms with van der Waals surface area (Å²) < 4.78 is 5.82. The van der Waals surface area contributed by atoms with E-state index in [4.69, 9.17) is 10.5 Å². The van der Waals surface area contributed by atoms with Crippen molar-refractivity contribution in [3.8, 4) is 0 Å². The van der Waals surface area contributed by atoms with E-state index in [2.05, 4.69) is 31.2 Å². The van der Waals surface area contributed by atoms with Crippen molar-refractivity contribution in [2.45, 2.75) is 25.9 Å². The van der Waals surface area contributed by atoms with Crippen LogP contribution in [0.2, 0.25) is 0 Å². The minimum absolute atomic E-state index is 0.272. The van der Waals surface area contributed by atoms with E-state index in [0.29, 0.717) is 13.2 Å². The number of ether oxygens (including phenoxy) is 1. The van der Waals surface area contributed by atoms with E-state index in [1.165, 1.54) is 24.0 Å². The van der Waals surface area contributed by atoms with Gasteiger partial charge in [0.25, 0.3) is 0 Å².